The molecule has 2 aromatic rings. The first-order chi connectivity index (χ1) is 7.58. The van der Waals surface area contributed by atoms with Crippen LogP contribution in [0.3, 0.4) is 0 Å². The molecule has 0 aliphatic heterocycles. The minimum Gasteiger partial charge on any atom is -0.443 e. The van der Waals surface area contributed by atoms with Gasteiger partial charge in [0.2, 0.25) is 11.7 Å². The molecule has 7 nitrogen and oxygen atoms in total. The van der Waals surface area contributed by atoms with Crippen LogP contribution < -0.4 is 5.73 Å². The van der Waals surface area contributed by atoms with Crippen molar-refractivity contribution in [2.75, 3.05) is 5.73 Å². The molecule has 2 rings (SSSR count). The molecule has 82 valence electrons. The Morgan fingerprint density at radius 3 is 2.69 bits per heavy atom. The Hall–Kier alpha value is -2.44. The van der Waals surface area contributed by atoms with E-state index in [9.17, 15) is 10.1 Å². The molecule has 2 heterocycles. The number of hydrogen-bond donors (Lipinski definition) is 1. The standard InChI is InChI=1S/C9H8N4O3/c1-5-4-16-9(11-5)6-2-3-7(13(14)15)8(10)12-6/h2-4H,1H3,(H2,10,12). The summed E-state index contributed by atoms with van der Waals surface area (Å²) in [5, 5.41) is 10.5. The van der Waals surface area contributed by atoms with Crippen LogP contribution in [0.5, 0.6) is 0 Å². The SMILES string of the molecule is Cc1coc(-c2ccc([N+](=O)[O-])c(N)n2)n1. The second-order valence-electron chi connectivity index (χ2n) is 3.15. The van der Waals surface area contributed by atoms with Crippen LogP contribution in [-0.2, 0) is 0 Å². The topological polar surface area (TPSA) is 108 Å². The van der Waals surface area contributed by atoms with Crippen LogP contribution in [0.4, 0.5) is 11.5 Å². The van der Waals surface area contributed by atoms with E-state index >= 15 is 0 Å². The third-order valence-electron chi connectivity index (χ3n) is 1.94. The van der Waals surface area contributed by atoms with E-state index in [1.165, 1.54) is 18.4 Å². The van der Waals surface area contributed by atoms with E-state index in [0.29, 0.717) is 17.3 Å². The van der Waals surface area contributed by atoms with Gasteiger partial charge in [-0.3, -0.25) is 10.1 Å². The van der Waals surface area contributed by atoms with Gasteiger partial charge in [-0.25, -0.2) is 9.97 Å². The normalized spacial score (nSPS) is 10.3. The van der Waals surface area contributed by atoms with E-state index in [1.54, 1.807) is 6.92 Å². The van der Waals surface area contributed by atoms with Crippen molar-refractivity contribution in [1.82, 2.24) is 9.97 Å². The largest absolute Gasteiger partial charge is 0.443 e. The molecule has 0 aromatic carbocycles. The van der Waals surface area contributed by atoms with Gasteiger partial charge in [0.15, 0.2) is 0 Å². The van der Waals surface area contributed by atoms with Gasteiger partial charge in [-0.1, -0.05) is 0 Å². The molecule has 7 heteroatoms. The van der Waals surface area contributed by atoms with Gasteiger partial charge >= 0.3 is 5.69 Å². The molecule has 0 spiro atoms. The highest BCUT2D eigenvalue weighted by molar-refractivity contribution is 5.59. The van der Waals surface area contributed by atoms with Crippen molar-refractivity contribution in [3.63, 3.8) is 0 Å². The number of nitro groups is 1. The third-order valence-corrected chi connectivity index (χ3v) is 1.94. The number of oxazole rings is 1. The van der Waals surface area contributed by atoms with E-state index < -0.39 is 4.92 Å². The summed E-state index contributed by atoms with van der Waals surface area (Å²) >= 11 is 0. The highest BCUT2D eigenvalue weighted by Crippen LogP contribution is 2.23. The molecule has 2 aromatic heterocycles. The summed E-state index contributed by atoms with van der Waals surface area (Å²) in [7, 11) is 0. The zero-order valence-corrected chi connectivity index (χ0v) is 8.38. The van der Waals surface area contributed by atoms with Gasteiger partial charge in [0.25, 0.3) is 0 Å². The fourth-order valence-corrected chi connectivity index (χ4v) is 1.21. The number of nitrogens with zero attached hydrogens (tertiary/aromatic N) is 3. The van der Waals surface area contributed by atoms with E-state index in [2.05, 4.69) is 9.97 Å². The molecule has 0 bridgehead atoms. The van der Waals surface area contributed by atoms with Crippen molar-refractivity contribution in [2.45, 2.75) is 6.92 Å². The minimum absolute atomic E-state index is 0.154. The van der Waals surface area contributed by atoms with E-state index in [-0.39, 0.29) is 11.5 Å². The maximum Gasteiger partial charge on any atom is 0.311 e. The minimum atomic E-state index is -0.590. The first-order valence-corrected chi connectivity index (χ1v) is 4.41. The Morgan fingerprint density at radius 2 is 2.19 bits per heavy atom. The average Bonchev–Trinajstić information content (AvgIpc) is 2.64. The lowest BCUT2D eigenvalue weighted by Crippen LogP contribution is -1.99. The van der Waals surface area contributed by atoms with Gasteiger partial charge in [-0.05, 0) is 13.0 Å². The smallest absolute Gasteiger partial charge is 0.311 e. The summed E-state index contributed by atoms with van der Waals surface area (Å²) in [6, 6.07) is 2.72. The molecule has 0 atom stereocenters. The van der Waals surface area contributed by atoms with Crippen LogP contribution in [0.1, 0.15) is 5.69 Å². The maximum absolute atomic E-state index is 10.5. The van der Waals surface area contributed by atoms with Crippen LogP contribution in [0.15, 0.2) is 22.8 Å². The van der Waals surface area contributed by atoms with Crippen LogP contribution in [-0.4, -0.2) is 14.9 Å². The summed E-state index contributed by atoms with van der Waals surface area (Å²) < 4.78 is 5.11. The molecule has 0 radical (unpaired) electrons. The Morgan fingerprint density at radius 1 is 1.44 bits per heavy atom. The molecule has 2 N–H and O–H groups in total. The molecule has 0 saturated heterocycles. The van der Waals surface area contributed by atoms with Crippen LogP contribution in [0.2, 0.25) is 0 Å². The molecule has 0 aliphatic carbocycles. The van der Waals surface area contributed by atoms with E-state index in [1.807, 2.05) is 0 Å². The predicted octanol–water partition coefficient (Wildman–Crippen LogP) is 1.54. The summed E-state index contributed by atoms with van der Waals surface area (Å²) in [6.45, 7) is 1.77. The molecular formula is C9H8N4O3. The van der Waals surface area contributed by atoms with Crippen LogP contribution in [0, 0.1) is 17.0 Å². The highest BCUT2D eigenvalue weighted by atomic mass is 16.6. The zero-order chi connectivity index (χ0) is 11.7. The lowest BCUT2D eigenvalue weighted by Gasteiger charge is -1.98. The van der Waals surface area contributed by atoms with Crippen molar-refractivity contribution in [1.29, 1.82) is 0 Å². The van der Waals surface area contributed by atoms with Crippen molar-refractivity contribution >= 4 is 11.5 Å². The molecular weight excluding hydrogens is 212 g/mol. The van der Waals surface area contributed by atoms with Crippen molar-refractivity contribution in [3.05, 3.63) is 34.2 Å². The summed E-state index contributed by atoms with van der Waals surface area (Å²) in [5.74, 6) is 0.137. The number of aryl methyl sites for hydroxylation is 1. The van der Waals surface area contributed by atoms with Gasteiger partial charge in [-0.15, -0.1) is 0 Å². The fraction of sp³-hybridized carbons (Fsp3) is 0.111. The third kappa shape index (κ3) is 1.70. The molecule has 0 fully saturated rings. The van der Waals surface area contributed by atoms with Crippen molar-refractivity contribution in [2.24, 2.45) is 0 Å². The fourth-order valence-electron chi connectivity index (χ4n) is 1.21. The first-order valence-electron chi connectivity index (χ1n) is 4.41. The highest BCUT2D eigenvalue weighted by Gasteiger charge is 2.15. The average molecular weight is 220 g/mol. The van der Waals surface area contributed by atoms with Gasteiger partial charge in [0.05, 0.1) is 10.6 Å². The zero-order valence-electron chi connectivity index (χ0n) is 8.38. The number of pyridine rings is 1. The molecule has 16 heavy (non-hydrogen) atoms. The Balaban J connectivity index is 2.45. The summed E-state index contributed by atoms with van der Waals surface area (Å²) in [6.07, 6.45) is 1.47. The van der Waals surface area contributed by atoms with Crippen molar-refractivity contribution < 1.29 is 9.34 Å². The summed E-state index contributed by atoms with van der Waals surface area (Å²) in [4.78, 5) is 17.8. The molecule has 0 amide bonds. The first kappa shape index (κ1) is 10.1. The number of anilines is 1. The van der Waals surface area contributed by atoms with Crippen LogP contribution in [0.25, 0.3) is 11.6 Å². The number of nitrogen functional groups attached to an aromatic ring is 1. The Kier molecular flexibility index (Phi) is 2.28. The van der Waals surface area contributed by atoms with Gasteiger partial charge in [0, 0.05) is 6.07 Å². The lowest BCUT2D eigenvalue weighted by atomic mass is 10.3. The lowest BCUT2D eigenvalue weighted by molar-refractivity contribution is -0.384. The second kappa shape index (κ2) is 3.61. The predicted molar refractivity (Wildman–Crippen MR) is 55.5 cm³/mol. The van der Waals surface area contributed by atoms with Crippen LogP contribution >= 0.6 is 0 Å². The molecule has 0 saturated carbocycles. The quantitative estimate of drug-likeness (QED) is 0.607. The van der Waals surface area contributed by atoms with E-state index in [4.69, 9.17) is 10.2 Å². The number of nitrogens with two attached hydrogens (primary N) is 1. The Labute approximate surface area is 90.1 Å². The van der Waals surface area contributed by atoms with Crippen molar-refractivity contribution in [3.8, 4) is 11.6 Å². The molecule has 0 aliphatic rings. The van der Waals surface area contributed by atoms with Gasteiger partial charge in [-0.2, -0.15) is 0 Å². The molecule has 0 unspecified atom stereocenters. The number of rotatable bonds is 2. The van der Waals surface area contributed by atoms with E-state index in [0.717, 1.165) is 0 Å². The number of aromatic nitrogens is 2. The van der Waals surface area contributed by atoms with Gasteiger partial charge < -0.3 is 10.2 Å². The number of hydrogen-bond acceptors (Lipinski definition) is 6. The maximum atomic E-state index is 10.5. The monoisotopic (exact) mass is 220 g/mol. The Bertz CT molecular complexity index is 549. The van der Waals surface area contributed by atoms with Gasteiger partial charge in [0.1, 0.15) is 12.0 Å². The second-order valence-corrected chi connectivity index (χ2v) is 3.15. The summed E-state index contributed by atoms with van der Waals surface area (Å²) in [5.41, 5.74) is 6.29.